The van der Waals surface area contributed by atoms with Crippen LogP contribution in [0.15, 0.2) is 12.1 Å². The van der Waals surface area contributed by atoms with Crippen molar-refractivity contribution in [2.45, 2.75) is 19.9 Å². The smallest absolute Gasteiger partial charge is 0.340 e. The van der Waals surface area contributed by atoms with Gasteiger partial charge in [0.05, 0.1) is 10.6 Å². The van der Waals surface area contributed by atoms with Gasteiger partial charge in [0, 0.05) is 6.04 Å². The molecule has 0 unspecified atom stereocenters. The minimum atomic E-state index is -1.28. The molecule has 120 valence electrons. The Bertz CT molecular complexity index is 608. The van der Waals surface area contributed by atoms with Gasteiger partial charge in [-0.1, -0.05) is 11.6 Å². The highest BCUT2D eigenvalue weighted by Gasteiger charge is 2.18. The van der Waals surface area contributed by atoms with Crippen molar-refractivity contribution >= 4 is 29.5 Å². The third-order valence-corrected chi connectivity index (χ3v) is 2.55. The molecule has 22 heavy (non-hydrogen) atoms. The standard InChI is InChI=1S/C13H13ClF2N2O4/c1-6(2)17-13(21)18-11(19)5-22-12(20)7-3-9(15)10(16)4-8(7)14/h3-4,6H,5H2,1-2H3,(H2,17,18,19,21). The molecule has 0 aliphatic heterocycles. The number of imide groups is 1. The molecule has 0 aliphatic carbocycles. The molecule has 1 aromatic rings. The second-order valence-corrected chi connectivity index (χ2v) is 4.91. The quantitative estimate of drug-likeness (QED) is 0.651. The first-order chi connectivity index (χ1) is 10.2. The molecule has 0 bridgehead atoms. The molecule has 2 N–H and O–H groups in total. The highest BCUT2D eigenvalue weighted by molar-refractivity contribution is 6.33. The van der Waals surface area contributed by atoms with Crippen LogP contribution in [0.25, 0.3) is 0 Å². The van der Waals surface area contributed by atoms with E-state index in [4.69, 9.17) is 11.6 Å². The van der Waals surface area contributed by atoms with Gasteiger partial charge >= 0.3 is 12.0 Å². The molecule has 1 aromatic carbocycles. The van der Waals surface area contributed by atoms with Crippen molar-refractivity contribution in [2.24, 2.45) is 0 Å². The maximum atomic E-state index is 13.0. The average Bonchev–Trinajstić information content (AvgIpc) is 2.39. The zero-order chi connectivity index (χ0) is 16.9. The van der Waals surface area contributed by atoms with E-state index in [0.29, 0.717) is 12.1 Å². The molecule has 0 aliphatic rings. The van der Waals surface area contributed by atoms with Crippen molar-refractivity contribution in [2.75, 3.05) is 6.61 Å². The fourth-order valence-electron chi connectivity index (χ4n) is 1.35. The van der Waals surface area contributed by atoms with Crippen molar-refractivity contribution in [3.63, 3.8) is 0 Å². The summed E-state index contributed by atoms with van der Waals surface area (Å²) in [6.07, 6.45) is 0. The van der Waals surface area contributed by atoms with E-state index in [-0.39, 0.29) is 11.1 Å². The van der Waals surface area contributed by atoms with Gasteiger partial charge in [-0.05, 0) is 26.0 Å². The van der Waals surface area contributed by atoms with Gasteiger partial charge in [-0.3, -0.25) is 10.1 Å². The number of ether oxygens (including phenoxy) is 1. The number of rotatable bonds is 4. The molecule has 3 amide bonds. The largest absolute Gasteiger partial charge is 0.452 e. The lowest BCUT2D eigenvalue weighted by molar-refractivity contribution is -0.123. The zero-order valence-electron chi connectivity index (χ0n) is 11.7. The molecule has 0 heterocycles. The van der Waals surface area contributed by atoms with Crippen LogP contribution >= 0.6 is 11.6 Å². The SMILES string of the molecule is CC(C)NC(=O)NC(=O)COC(=O)c1cc(F)c(F)cc1Cl. The molecule has 0 saturated heterocycles. The van der Waals surface area contributed by atoms with Crippen molar-refractivity contribution in [1.82, 2.24) is 10.6 Å². The number of amides is 3. The third kappa shape index (κ3) is 5.28. The number of hydrogen-bond donors (Lipinski definition) is 2. The summed E-state index contributed by atoms with van der Waals surface area (Å²) in [5.41, 5.74) is -0.431. The molecule has 0 fully saturated rings. The molecule has 9 heteroatoms. The number of hydrogen-bond acceptors (Lipinski definition) is 4. The number of benzene rings is 1. The van der Waals surface area contributed by atoms with E-state index < -0.39 is 41.7 Å². The molecule has 0 spiro atoms. The number of halogens is 3. The Morgan fingerprint density at radius 1 is 1.23 bits per heavy atom. The van der Waals surface area contributed by atoms with E-state index in [1.807, 2.05) is 5.32 Å². The summed E-state index contributed by atoms with van der Waals surface area (Å²) in [4.78, 5) is 34.2. The number of carbonyl (C=O) groups excluding carboxylic acids is 3. The van der Waals surface area contributed by atoms with Crippen LogP contribution in [0, 0.1) is 11.6 Å². The Balaban J connectivity index is 2.58. The van der Waals surface area contributed by atoms with Gasteiger partial charge in [0.15, 0.2) is 18.2 Å². The molecule has 0 atom stereocenters. The Hall–Kier alpha value is -2.22. The zero-order valence-corrected chi connectivity index (χ0v) is 12.5. The van der Waals surface area contributed by atoms with E-state index in [9.17, 15) is 23.2 Å². The Labute approximate surface area is 129 Å². The minimum absolute atomic E-state index is 0.184. The van der Waals surface area contributed by atoms with Crippen molar-refractivity contribution in [1.29, 1.82) is 0 Å². The fraction of sp³-hybridized carbons (Fsp3) is 0.308. The molecular weight excluding hydrogens is 322 g/mol. The lowest BCUT2D eigenvalue weighted by Gasteiger charge is -2.10. The molecule has 0 saturated carbocycles. The van der Waals surface area contributed by atoms with Crippen LogP contribution < -0.4 is 10.6 Å². The van der Waals surface area contributed by atoms with Crippen LogP contribution in [-0.4, -0.2) is 30.6 Å². The van der Waals surface area contributed by atoms with Gasteiger partial charge in [0.2, 0.25) is 0 Å². The summed E-state index contributed by atoms with van der Waals surface area (Å²) in [5.74, 6) is -4.50. The van der Waals surface area contributed by atoms with Gasteiger partial charge in [-0.15, -0.1) is 0 Å². The maximum Gasteiger partial charge on any atom is 0.340 e. The fourth-order valence-corrected chi connectivity index (χ4v) is 1.58. The van der Waals surface area contributed by atoms with Gasteiger partial charge in [0.25, 0.3) is 5.91 Å². The first-order valence-corrected chi connectivity index (χ1v) is 6.50. The number of carbonyl (C=O) groups is 3. The number of esters is 1. The second kappa shape index (κ2) is 7.69. The first-order valence-electron chi connectivity index (χ1n) is 6.12. The van der Waals surface area contributed by atoms with E-state index >= 15 is 0 Å². The van der Waals surface area contributed by atoms with Gasteiger partial charge < -0.3 is 10.1 Å². The van der Waals surface area contributed by atoms with E-state index in [1.165, 1.54) is 0 Å². The lowest BCUT2D eigenvalue weighted by Crippen LogP contribution is -2.44. The topological polar surface area (TPSA) is 84.5 Å². The van der Waals surface area contributed by atoms with Crippen LogP contribution in [-0.2, 0) is 9.53 Å². The number of nitrogens with one attached hydrogen (secondary N) is 2. The summed E-state index contributed by atoms with van der Waals surface area (Å²) in [7, 11) is 0. The summed E-state index contributed by atoms with van der Waals surface area (Å²) in [5, 5.41) is 3.95. The lowest BCUT2D eigenvalue weighted by atomic mass is 10.2. The molecule has 0 aromatic heterocycles. The van der Waals surface area contributed by atoms with Crippen molar-refractivity contribution in [3.05, 3.63) is 34.4 Å². The van der Waals surface area contributed by atoms with Crippen LogP contribution in [0.1, 0.15) is 24.2 Å². The minimum Gasteiger partial charge on any atom is -0.452 e. The van der Waals surface area contributed by atoms with E-state index in [1.54, 1.807) is 13.8 Å². The average molecular weight is 335 g/mol. The second-order valence-electron chi connectivity index (χ2n) is 4.50. The van der Waals surface area contributed by atoms with Crippen LogP contribution in [0.2, 0.25) is 5.02 Å². The summed E-state index contributed by atoms with van der Waals surface area (Å²) in [6.45, 7) is 2.60. The van der Waals surface area contributed by atoms with Gasteiger partial charge in [-0.25, -0.2) is 18.4 Å². The predicted molar refractivity (Wildman–Crippen MR) is 73.5 cm³/mol. The molecule has 1 rings (SSSR count). The monoisotopic (exact) mass is 334 g/mol. The van der Waals surface area contributed by atoms with Crippen LogP contribution in [0.4, 0.5) is 13.6 Å². The van der Waals surface area contributed by atoms with Crippen molar-refractivity contribution in [3.8, 4) is 0 Å². The summed E-state index contributed by atoms with van der Waals surface area (Å²) in [6, 6.07) is 0.241. The summed E-state index contributed by atoms with van der Waals surface area (Å²) >= 11 is 5.58. The predicted octanol–water partition coefficient (Wildman–Crippen LogP) is 2.01. The van der Waals surface area contributed by atoms with Gasteiger partial charge in [-0.2, -0.15) is 0 Å². The molecule has 6 nitrogen and oxygen atoms in total. The Morgan fingerprint density at radius 3 is 2.41 bits per heavy atom. The highest BCUT2D eigenvalue weighted by Crippen LogP contribution is 2.20. The van der Waals surface area contributed by atoms with Gasteiger partial charge in [0.1, 0.15) is 0 Å². The first kappa shape index (κ1) is 17.8. The van der Waals surface area contributed by atoms with E-state index in [2.05, 4.69) is 10.1 Å². The highest BCUT2D eigenvalue weighted by atomic mass is 35.5. The Kier molecular flexibility index (Phi) is 6.24. The summed E-state index contributed by atoms with van der Waals surface area (Å²) < 4.78 is 30.5. The maximum absolute atomic E-state index is 13.0. The Morgan fingerprint density at radius 2 is 1.82 bits per heavy atom. The third-order valence-electron chi connectivity index (χ3n) is 2.24. The van der Waals surface area contributed by atoms with E-state index in [0.717, 1.165) is 0 Å². The van der Waals surface area contributed by atoms with Crippen LogP contribution in [0.5, 0.6) is 0 Å². The van der Waals surface area contributed by atoms with Crippen molar-refractivity contribution < 1.29 is 27.9 Å². The number of urea groups is 1. The molecule has 0 radical (unpaired) electrons. The van der Waals surface area contributed by atoms with Crippen LogP contribution in [0.3, 0.4) is 0 Å². The molecular formula is C13H13ClF2N2O4. The normalized spacial score (nSPS) is 10.3.